The number of allylic oxidation sites excluding steroid dienone is 3. The van der Waals surface area contributed by atoms with Gasteiger partial charge in [0.2, 0.25) is 0 Å². The van der Waals surface area contributed by atoms with E-state index in [9.17, 15) is 0 Å². The highest BCUT2D eigenvalue weighted by Gasteiger charge is 2.19. The predicted molar refractivity (Wildman–Crippen MR) is 266 cm³/mol. The second-order valence-corrected chi connectivity index (χ2v) is 16.1. The summed E-state index contributed by atoms with van der Waals surface area (Å²) >= 11 is 0. The van der Waals surface area contributed by atoms with Crippen LogP contribution in [-0.2, 0) is 0 Å². The first-order valence-corrected chi connectivity index (χ1v) is 21.4. The summed E-state index contributed by atoms with van der Waals surface area (Å²) in [6, 6.07) is 75.3. The lowest BCUT2D eigenvalue weighted by Gasteiger charge is -2.13. The van der Waals surface area contributed by atoms with Crippen molar-refractivity contribution in [3.63, 3.8) is 0 Å². The van der Waals surface area contributed by atoms with Crippen LogP contribution in [0.3, 0.4) is 0 Å². The van der Waals surface area contributed by atoms with Crippen molar-refractivity contribution in [3.05, 3.63) is 247 Å². The largest absolute Gasteiger partial charge is 0.456 e. The molecule has 0 spiro atoms. The molecule has 2 heterocycles. The third kappa shape index (κ3) is 6.64. The fourth-order valence-corrected chi connectivity index (χ4v) is 9.16. The molecular formula is C60H38N2O. The Bertz CT molecular complexity index is 3720. The molecule has 10 aromatic carbocycles. The molecule has 12 rings (SSSR count). The topological polar surface area (TPSA) is 37.9 Å². The van der Waals surface area contributed by atoms with Gasteiger partial charge in [0.1, 0.15) is 11.2 Å². The zero-order valence-corrected chi connectivity index (χ0v) is 34.2. The Kier molecular flexibility index (Phi) is 8.83. The summed E-state index contributed by atoms with van der Waals surface area (Å²) in [7, 11) is 0. The molecule has 11 aromatic rings. The van der Waals surface area contributed by atoms with E-state index in [2.05, 4.69) is 218 Å². The quantitative estimate of drug-likeness (QED) is 0.165. The highest BCUT2D eigenvalue weighted by atomic mass is 16.3. The van der Waals surface area contributed by atoms with Crippen LogP contribution in [0.1, 0.15) is 16.7 Å². The van der Waals surface area contributed by atoms with Gasteiger partial charge in [0, 0.05) is 27.5 Å². The van der Waals surface area contributed by atoms with Gasteiger partial charge in [0.25, 0.3) is 0 Å². The lowest BCUT2D eigenvalue weighted by Crippen LogP contribution is -2.07. The molecule has 0 radical (unpaired) electrons. The van der Waals surface area contributed by atoms with E-state index in [1.807, 2.05) is 12.1 Å². The van der Waals surface area contributed by atoms with Crippen molar-refractivity contribution >= 4 is 71.5 Å². The molecule has 1 aliphatic rings. The number of hydrogen-bond acceptors (Lipinski definition) is 3. The van der Waals surface area contributed by atoms with Gasteiger partial charge in [-0.15, -0.1) is 0 Å². The van der Waals surface area contributed by atoms with E-state index >= 15 is 0 Å². The van der Waals surface area contributed by atoms with Crippen molar-refractivity contribution in [2.45, 2.75) is 0 Å². The fourth-order valence-electron chi connectivity index (χ4n) is 9.16. The lowest BCUT2D eigenvalue weighted by atomic mass is 9.92. The van der Waals surface area contributed by atoms with E-state index in [4.69, 9.17) is 14.4 Å². The van der Waals surface area contributed by atoms with Crippen LogP contribution >= 0.6 is 0 Å². The summed E-state index contributed by atoms with van der Waals surface area (Å²) in [6.45, 7) is 0. The van der Waals surface area contributed by atoms with Gasteiger partial charge in [0.15, 0.2) is 5.84 Å². The molecule has 0 N–H and O–H groups in total. The molecule has 0 unspecified atom stereocenters. The molecule has 294 valence electrons. The maximum Gasteiger partial charge on any atom is 0.161 e. The van der Waals surface area contributed by atoms with Crippen molar-refractivity contribution in [2.24, 2.45) is 9.98 Å². The maximum absolute atomic E-state index is 6.74. The highest BCUT2D eigenvalue weighted by Crippen LogP contribution is 2.40. The van der Waals surface area contributed by atoms with Crippen LogP contribution < -0.4 is 0 Å². The zero-order chi connectivity index (χ0) is 41.7. The van der Waals surface area contributed by atoms with Crippen LogP contribution in [0, 0.1) is 0 Å². The van der Waals surface area contributed by atoms with Crippen LogP contribution in [0.4, 0.5) is 0 Å². The Labute approximate surface area is 365 Å². The number of amidine groups is 1. The van der Waals surface area contributed by atoms with Gasteiger partial charge < -0.3 is 4.42 Å². The molecule has 3 nitrogen and oxygen atoms in total. The van der Waals surface area contributed by atoms with E-state index in [1.165, 1.54) is 43.8 Å². The third-order valence-corrected chi connectivity index (χ3v) is 12.3. The standard InChI is InChI=1S/C60H38N2O/c1-3-13-39(14-4-1)44-28-25-41-27-30-47(37-48(41)36-44)56-23-12-22-55(46-29-26-40-15-7-8-18-43(40)35-46)61-60(62-56)54-21-11-24-57-59(54)53-32-31-45(38-58(53)63-57)50-34-33-49(42-16-5-2-6-17-42)51-19-9-10-20-52(50)51/h1-38H. The van der Waals surface area contributed by atoms with E-state index in [0.29, 0.717) is 5.84 Å². The molecule has 0 saturated carbocycles. The van der Waals surface area contributed by atoms with Gasteiger partial charge in [-0.1, -0.05) is 182 Å². The molecule has 0 bridgehead atoms. The van der Waals surface area contributed by atoms with Crippen LogP contribution in [0.25, 0.3) is 93.3 Å². The average Bonchev–Trinajstić information content (AvgIpc) is 3.72. The maximum atomic E-state index is 6.74. The minimum atomic E-state index is 0.617. The number of aliphatic imine (C=N–C) groups is 2. The van der Waals surface area contributed by atoms with Gasteiger partial charge >= 0.3 is 0 Å². The molecule has 0 aliphatic carbocycles. The highest BCUT2D eigenvalue weighted by molar-refractivity contribution is 6.25. The number of rotatable bonds is 6. The number of nitrogens with zero attached hydrogens (tertiary/aromatic N) is 2. The van der Waals surface area contributed by atoms with Crippen LogP contribution in [0.15, 0.2) is 245 Å². The molecule has 63 heavy (non-hydrogen) atoms. The Balaban J connectivity index is 1.01. The van der Waals surface area contributed by atoms with Crippen molar-refractivity contribution < 1.29 is 4.42 Å². The number of fused-ring (bicyclic) bond motifs is 6. The summed E-state index contributed by atoms with van der Waals surface area (Å²) in [4.78, 5) is 10.9. The summed E-state index contributed by atoms with van der Waals surface area (Å²) in [5.74, 6) is 0.617. The summed E-state index contributed by atoms with van der Waals surface area (Å²) in [5.41, 5.74) is 13.3. The SMILES string of the molecule is C1=CC(c2ccc3ccc(-c4ccccc4)cc3c2)=NC(c2cccc3oc4cc(-c5ccc(-c6ccccc6)c6ccccc56)ccc4c23)=NC(c2ccc3ccccc3c2)=C1. The normalized spacial score (nSPS) is 13.0. The monoisotopic (exact) mass is 802 g/mol. The lowest BCUT2D eigenvalue weighted by molar-refractivity contribution is 0.669. The van der Waals surface area contributed by atoms with Crippen LogP contribution in [-0.4, -0.2) is 11.5 Å². The first-order valence-electron chi connectivity index (χ1n) is 21.4. The van der Waals surface area contributed by atoms with E-state index < -0.39 is 0 Å². The van der Waals surface area contributed by atoms with Gasteiger partial charge in [-0.2, -0.15) is 0 Å². The Morgan fingerprint density at radius 3 is 1.75 bits per heavy atom. The second kappa shape index (κ2) is 15.3. The van der Waals surface area contributed by atoms with E-state index in [0.717, 1.165) is 71.9 Å². The van der Waals surface area contributed by atoms with Crippen LogP contribution in [0.2, 0.25) is 0 Å². The van der Waals surface area contributed by atoms with E-state index in [1.54, 1.807) is 0 Å². The average molecular weight is 803 g/mol. The van der Waals surface area contributed by atoms with Crippen molar-refractivity contribution in [1.29, 1.82) is 0 Å². The van der Waals surface area contributed by atoms with Gasteiger partial charge in [-0.25, -0.2) is 9.98 Å². The Morgan fingerprint density at radius 1 is 0.333 bits per heavy atom. The molecule has 0 saturated heterocycles. The summed E-state index contributed by atoms with van der Waals surface area (Å²) in [5, 5.41) is 9.10. The fraction of sp³-hybridized carbons (Fsp3) is 0. The molecule has 0 atom stereocenters. The van der Waals surface area contributed by atoms with E-state index in [-0.39, 0.29) is 0 Å². The Hall–Kier alpha value is -8.40. The molecule has 0 fully saturated rings. The molecule has 0 amide bonds. The predicted octanol–water partition coefficient (Wildman–Crippen LogP) is 15.9. The Morgan fingerprint density at radius 2 is 0.952 bits per heavy atom. The minimum absolute atomic E-state index is 0.617. The van der Waals surface area contributed by atoms with Crippen molar-refractivity contribution in [1.82, 2.24) is 0 Å². The van der Waals surface area contributed by atoms with Crippen molar-refractivity contribution in [3.8, 4) is 33.4 Å². The first kappa shape index (κ1) is 36.5. The number of hydrogen-bond donors (Lipinski definition) is 0. The third-order valence-electron chi connectivity index (χ3n) is 12.3. The zero-order valence-electron chi connectivity index (χ0n) is 34.2. The van der Waals surface area contributed by atoms with Gasteiger partial charge in [0.05, 0.1) is 11.4 Å². The number of furan rings is 1. The molecule has 1 aromatic heterocycles. The van der Waals surface area contributed by atoms with Gasteiger partial charge in [-0.3, -0.25) is 0 Å². The van der Waals surface area contributed by atoms with Crippen LogP contribution in [0.5, 0.6) is 0 Å². The summed E-state index contributed by atoms with van der Waals surface area (Å²) < 4.78 is 6.74. The smallest absolute Gasteiger partial charge is 0.161 e. The van der Waals surface area contributed by atoms with Gasteiger partial charge in [-0.05, 0) is 114 Å². The number of benzene rings is 10. The first-order chi connectivity index (χ1) is 31.2. The minimum Gasteiger partial charge on any atom is -0.456 e. The van der Waals surface area contributed by atoms with Crippen molar-refractivity contribution in [2.75, 3.05) is 0 Å². The second-order valence-electron chi connectivity index (χ2n) is 16.1. The molecule has 1 aliphatic heterocycles. The molecular weight excluding hydrogens is 765 g/mol. The summed E-state index contributed by atoms with van der Waals surface area (Å²) in [6.07, 6.45) is 6.27. The molecule has 3 heteroatoms.